The minimum Gasteiger partial charge on any atom is -0.497 e. The molecule has 0 bridgehead atoms. The molecule has 0 unspecified atom stereocenters. The third kappa shape index (κ3) is 7.62. The second-order valence-electron chi connectivity index (χ2n) is 12.3. The van der Waals surface area contributed by atoms with Gasteiger partial charge in [0.15, 0.2) is 0 Å². The fourth-order valence-corrected chi connectivity index (χ4v) is 6.53. The molecule has 11 nitrogen and oxygen atoms in total. The number of hydrogen-bond acceptors (Lipinski definition) is 6. The highest BCUT2D eigenvalue weighted by molar-refractivity contribution is 6.01. The molecule has 4 N–H and O–H groups in total. The van der Waals surface area contributed by atoms with E-state index in [1.165, 1.54) is 0 Å². The van der Waals surface area contributed by atoms with Crippen molar-refractivity contribution in [1.82, 2.24) is 25.8 Å². The van der Waals surface area contributed by atoms with Gasteiger partial charge in [-0.3, -0.25) is 19.2 Å². The van der Waals surface area contributed by atoms with E-state index in [2.05, 4.69) is 20.9 Å². The molecule has 0 aliphatic carbocycles. The van der Waals surface area contributed by atoms with Crippen molar-refractivity contribution < 1.29 is 28.7 Å². The lowest BCUT2D eigenvalue weighted by molar-refractivity contribution is -0.138. The van der Waals surface area contributed by atoms with E-state index in [1.54, 1.807) is 36.3 Å². The monoisotopic (exact) mass is 651 g/mol. The Morgan fingerprint density at radius 1 is 1.02 bits per heavy atom. The molecule has 4 amide bonds. The Morgan fingerprint density at radius 2 is 1.85 bits per heavy atom. The summed E-state index contributed by atoms with van der Waals surface area (Å²) in [5.74, 6) is -0.620. The largest absolute Gasteiger partial charge is 0.497 e. The van der Waals surface area contributed by atoms with Crippen molar-refractivity contribution in [2.24, 2.45) is 0 Å². The first-order valence-electron chi connectivity index (χ1n) is 16.5. The number of H-pyrrole nitrogens is 1. The summed E-state index contributed by atoms with van der Waals surface area (Å²) in [6.45, 7) is 1.07. The Bertz CT molecular complexity index is 1790. The van der Waals surface area contributed by atoms with Gasteiger partial charge in [0, 0.05) is 36.6 Å². The topological polar surface area (TPSA) is 142 Å². The lowest BCUT2D eigenvalue weighted by atomic mass is 10.0. The van der Waals surface area contributed by atoms with Crippen LogP contribution in [-0.2, 0) is 27.2 Å². The summed E-state index contributed by atoms with van der Waals surface area (Å²) in [7, 11) is 1.62. The highest BCUT2D eigenvalue weighted by Crippen LogP contribution is 2.25. The van der Waals surface area contributed by atoms with Crippen molar-refractivity contribution in [1.29, 1.82) is 0 Å². The lowest BCUT2D eigenvalue weighted by Gasteiger charge is -2.30. The zero-order valence-electron chi connectivity index (χ0n) is 27.0. The van der Waals surface area contributed by atoms with Gasteiger partial charge in [-0.2, -0.15) is 0 Å². The van der Waals surface area contributed by atoms with Crippen molar-refractivity contribution >= 4 is 34.5 Å². The number of nitrogens with one attached hydrogen (secondary N) is 4. The molecule has 1 fully saturated rings. The molecule has 0 radical (unpaired) electrons. The summed E-state index contributed by atoms with van der Waals surface area (Å²) in [5, 5.41) is 9.54. The molecule has 48 heavy (non-hydrogen) atoms. The van der Waals surface area contributed by atoms with Gasteiger partial charge in [-0.05, 0) is 67.1 Å². The maximum absolute atomic E-state index is 14.1. The van der Waals surface area contributed by atoms with E-state index in [1.807, 2.05) is 54.7 Å². The number of ether oxygens (including phenoxy) is 2. The van der Waals surface area contributed by atoms with Gasteiger partial charge in [0.25, 0.3) is 5.91 Å². The predicted molar refractivity (Wildman–Crippen MR) is 181 cm³/mol. The number of fused-ring (bicyclic) bond motifs is 3. The smallest absolute Gasteiger partial charge is 0.255 e. The SMILES string of the molecule is COc1cccc(CCCNC(=O)[C@@H]2CC(=O)N[C@@H](Cc3c[nH]c4ccccc34)C(=O)N3CCC[C@@H]3COc3ccccc3C(=O)N2)c1. The fourth-order valence-electron chi connectivity index (χ4n) is 6.53. The van der Waals surface area contributed by atoms with Crippen LogP contribution in [0.5, 0.6) is 11.5 Å². The molecule has 3 aromatic carbocycles. The Balaban J connectivity index is 1.23. The molecule has 2 aliphatic rings. The third-order valence-electron chi connectivity index (χ3n) is 9.04. The molecule has 3 atom stereocenters. The number of benzene rings is 3. The minimum atomic E-state index is -1.19. The molecular weight excluding hydrogens is 610 g/mol. The summed E-state index contributed by atoms with van der Waals surface area (Å²) in [6, 6.07) is 20.0. The van der Waals surface area contributed by atoms with Gasteiger partial charge in [0.1, 0.15) is 30.2 Å². The number of para-hydroxylation sites is 2. The summed E-state index contributed by atoms with van der Waals surface area (Å²) >= 11 is 0. The van der Waals surface area contributed by atoms with E-state index in [9.17, 15) is 19.2 Å². The van der Waals surface area contributed by atoms with Gasteiger partial charge >= 0.3 is 0 Å². The Hall–Kier alpha value is -5.32. The third-order valence-corrected chi connectivity index (χ3v) is 9.04. The van der Waals surface area contributed by atoms with Gasteiger partial charge in [-0.15, -0.1) is 0 Å². The van der Waals surface area contributed by atoms with Crippen molar-refractivity contribution in [2.45, 2.75) is 56.7 Å². The average Bonchev–Trinajstić information content (AvgIpc) is 3.75. The van der Waals surface area contributed by atoms with Crippen molar-refractivity contribution in [3.05, 3.63) is 95.7 Å². The normalized spacial score (nSPS) is 20.1. The number of aryl methyl sites for hydroxylation is 1. The van der Waals surface area contributed by atoms with Gasteiger partial charge < -0.3 is 35.3 Å². The summed E-state index contributed by atoms with van der Waals surface area (Å²) < 4.78 is 11.5. The van der Waals surface area contributed by atoms with E-state index < -0.39 is 29.8 Å². The number of aromatic amines is 1. The number of carbonyl (C=O) groups excluding carboxylic acids is 4. The molecule has 0 spiro atoms. The zero-order chi connectivity index (χ0) is 33.5. The quantitative estimate of drug-likeness (QED) is 0.215. The molecule has 2 aliphatic heterocycles. The van der Waals surface area contributed by atoms with Gasteiger partial charge in [-0.1, -0.05) is 42.5 Å². The molecule has 6 rings (SSSR count). The van der Waals surface area contributed by atoms with Crippen molar-refractivity contribution in [3.63, 3.8) is 0 Å². The fraction of sp³-hybridized carbons (Fsp3) is 0.351. The van der Waals surface area contributed by atoms with Crippen molar-refractivity contribution in [2.75, 3.05) is 26.8 Å². The first-order valence-corrected chi connectivity index (χ1v) is 16.5. The van der Waals surface area contributed by atoms with E-state index in [4.69, 9.17) is 9.47 Å². The Labute approximate surface area is 279 Å². The van der Waals surface area contributed by atoms with Crippen LogP contribution in [0.1, 0.15) is 47.2 Å². The van der Waals surface area contributed by atoms with E-state index in [0.29, 0.717) is 31.7 Å². The number of amides is 4. The number of carbonyl (C=O) groups is 4. The molecular formula is C37H41N5O6. The highest BCUT2D eigenvalue weighted by atomic mass is 16.5. The molecule has 1 saturated heterocycles. The van der Waals surface area contributed by atoms with Crippen LogP contribution in [0.25, 0.3) is 10.9 Å². The molecule has 1 aromatic heterocycles. The van der Waals surface area contributed by atoms with Crippen LogP contribution in [0.4, 0.5) is 0 Å². The molecule has 3 heterocycles. The van der Waals surface area contributed by atoms with E-state index in [-0.39, 0.29) is 37.0 Å². The number of hydrogen-bond donors (Lipinski definition) is 4. The zero-order valence-corrected chi connectivity index (χ0v) is 27.0. The summed E-state index contributed by atoms with van der Waals surface area (Å²) in [4.78, 5) is 59.9. The molecule has 0 saturated carbocycles. The van der Waals surface area contributed by atoms with Gasteiger partial charge in [0.05, 0.1) is 25.1 Å². The van der Waals surface area contributed by atoms with Crippen LogP contribution in [0, 0.1) is 0 Å². The second kappa shape index (κ2) is 15.1. The van der Waals surface area contributed by atoms with Crippen LogP contribution in [0.3, 0.4) is 0 Å². The molecule has 11 heteroatoms. The molecule has 4 aromatic rings. The van der Waals surface area contributed by atoms with Crippen molar-refractivity contribution in [3.8, 4) is 11.5 Å². The highest BCUT2D eigenvalue weighted by Gasteiger charge is 2.36. The summed E-state index contributed by atoms with van der Waals surface area (Å²) in [6.07, 6.45) is 4.66. The minimum absolute atomic E-state index is 0.195. The second-order valence-corrected chi connectivity index (χ2v) is 12.3. The van der Waals surface area contributed by atoms with Gasteiger partial charge in [-0.25, -0.2) is 0 Å². The first-order chi connectivity index (χ1) is 23.4. The number of rotatable bonds is 8. The van der Waals surface area contributed by atoms with Crippen LogP contribution in [0.2, 0.25) is 0 Å². The van der Waals surface area contributed by atoms with Crippen LogP contribution < -0.4 is 25.4 Å². The van der Waals surface area contributed by atoms with Gasteiger partial charge in [0.2, 0.25) is 17.7 Å². The predicted octanol–water partition coefficient (Wildman–Crippen LogP) is 3.52. The Kier molecular flexibility index (Phi) is 10.2. The van der Waals surface area contributed by atoms with Crippen LogP contribution in [-0.4, -0.2) is 78.4 Å². The van der Waals surface area contributed by atoms with E-state index in [0.717, 1.165) is 40.6 Å². The number of nitrogens with zero attached hydrogens (tertiary/aromatic N) is 1. The maximum Gasteiger partial charge on any atom is 0.255 e. The van der Waals surface area contributed by atoms with Crippen LogP contribution >= 0.6 is 0 Å². The Morgan fingerprint density at radius 3 is 2.73 bits per heavy atom. The number of aromatic nitrogens is 1. The first kappa shape index (κ1) is 32.6. The maximum atomic E-state index is 14.1. The molecule has 250 valence electrons. The van der Waals surface area contributed by atoms with E-state index >= 15 is 0 Å². The number of methoxy groups -OCH3 is 1. The summed E-state index contributed by atoms with van der Waals surface area (Å²) in [5.41, 5.74) is 3.14. The standard InChI is InChI=1S/C37H41N5O6/c1-47-27-12-6-9-24(19-27)10-7-17-38-36(45)31-21-34(43)40-32(20-25-22-39-30-15-4-2-13-28(25)30)37(46)42-18-8-11-26(42)23-48-33-16-5-3-14-29(33)35(44)41-31/h2-6,9,12-16,19,22,26,31-32,39H,7-8,10-11,17-18,20-21,23H2,1H3,(H,38,45)(H,40,43)(H,41,44)/t26-,31+,32+/m1/s1. The average molecular weight is 652 g/mol. The van der Waals surface area contributed by atoms with Crippen LogP contribution in [0.15, 0.2) is 79.0 Å². The lowest BCUT2D eigenvalue weighted by Crippen LogP contribution is -2.54.